The first kappa shape index (κ1) is 27.2. The monoisotopic (exact) mass is 558 g/mol. The van der Waals surface area contributed by atoms with Crippen LogP contribution in [0.25, 0.3) is 22.1 Å². The Hall–Kier alpha value is -3.94. The van der Waals surface area contributed by atoms with Crippen LogP contribution in [0.3, 0.4) is 0 Å². The Morgan fingerprint density at radius 3 is 2.29 bits per heavy atom. The highest BCUT2D eigenvalue weighted by molar-refractivity contribution is 5.90. The van der Waals surface area contributed by atoms with E-state index < -0.39 is 6.10 Å². The minimum absolute atomic E-state index is 0.237. The zero-order valence-electron chi connectivity index (χ0n) is 23.8. The molecular weight excluding hydrogens is 520 g/mol. The van der Waals surface area contributed by atoms with Crippen LogP contribution in [0.5, 0.6) is 0 Å². The number of likely N-dealkylation sites (tertiary alicyclic amines) is 1. The van der Waals surface area contributed by atoms with Crippen molar-refractivity contribution in [2.24, 2.45) is 0 Å². The van der Waals surface area contributed by atoms with E-state index in [9.17, 15) is 5.11 Å². The van der Waals surface area contributed by atoms with Crippen LogP contribution in [0.4, 0.5) is 23.5 Å². The Kier molecular flexibility index (Phi) is 7.41. The third kappa shape index (κ3) is 5.78. The molecule has 0 aliphatic carbocycles. The van der Waals surface area contributed by atoms with Gasteiger partial charge in [0.1, 0.15) is 11.6 Å². The van der Waals surface area contributed by atoms with Gasteiger partial charge in [0.15, 0.2) is 11.3 Å². The first-order valence-corrected chi connectivity index (χ1v) is 14.2. The molecule has 13 nitrogen and oxygen atoms in total. The highest BCUT2D eigenvalue weighted by Crippen LogP contribution is 2.26. The smallest absolute Gasteiger partial charge is 0.227 e. The number of nitrogen functional groups attached to an aromatic ring is 2. The molecule has 41 heavy (non-hydrogen) atoms. The van der Waals surface area contributed by atoms with E-state index in [-0.39, 0.29) is 12.1 Å². The van der Waals surface area contributed by atoms with E-state index in [0.717, 1.165) is 65.8 Å². The molecule has 0 aromatic carbocycles. The van der Waals surface area contributed by atoms with Crippen molar-refractivity contribution in [3.05, 3.63) is 34.6 Å². The van der Waals surface area contributed by atoms with Gasteiger partial charge in [0.05, 0.1) is 22.9 Å². The lowest BCUT2D eigenvalue weighted by Crippen LogP contribution is -2.38. The van der Waals surface area contributed by atoms with Crippen molar-refractivity contribution >= 4 is 45.6 Å². The standard InChI is InChI=1S/C28H38N12O/c1-14-9-16(3)32-25-21(14)23(29)37-28(38-25)35-19-12-40(13-20(19)41)8-6-17-10-15(2)22-24(30)36-27(39-26(22)33-17)34-18-5-4-7-31-11-18/h9-10,18-20,31,41H,4-8,11-13H2,1-3H3,(H3,29,32,35,37,38)(H3,30,33,34,36,39). The molecule has 0 radical (unpaired) electrons. The molecule has 0 bridgehead atoms. The van der Waals surface area contributed by atoms with Crippen LogP contribution in [0.15, 0.2) is 12.1 Å². The van der Waals surface area contributed by atoms with Crippen LogP contribution in [0.2, 0.25) is 0 Å². The predicted octanol–water partition coefficient (Wildman–Crippen LogP) is 1.32. The molecule has 3 unspecified atom stereocenters. The largest absolute Gasteiger partial charge is 0.390 e. The van der Waals surface area contributed by atoms with Crippen molar-refractivity contribution in [3.63, 3.8) is 0 Å². The fraction of sp³-hybridized carbons (Fsp3) is 0.500. The van der Waals surface area contributed by atoms with E-state index in [1.165, 1.54) is 0 Å². The predicted molar refractivity (Wildman–Crippen MR) is 161 cm³/mol. The Morgan fingerprint density at radius 2 is 1.59 bits per heavy atom. The van der Waals surface area contributed by atoms with Gasteiger partial charge in [-0.2, -0.15) is 19.9 Å². The number of fused-ring (bicyclic) bond motifs is 2. The molecule has 8 N–H and O–H groups in total. The molecule has 0 saturated carbocycles. The molecule has 13 heteroatoms. The van der Waals surface area contributed by atoms with Gasteiger partial charge in [0.2, 0.25) is 11.9 Å². The topological polar surface area (TPSA) is 189 Å². The van der Waals surface area contributed by atoms with E-state index in [4.69, 9.17) is 21.4 Å². The quantitative estimate of drug-likeness (QED) is 0.191. The van der Waals surface area contributed by atoms with E-state index in [1.54, 1.807) is 0 Å². The van der Waals surface area contributed by atoms with E-state index in [1.807, 2.05) is 32.9 Å². The second kappa shape index (κ2) is 11.1. The van der Waals surface area contributed by atoms with Gasteiger partial charge >= 0.3 is 0 Å². The van der Waals surface area contributed by atoms with Gasteiger partial charge in [0.25, 0.3) is 0 Å². The van der Waals surface area contributed by atoms with Gasteiger partial charge in [-0.3, -0.25) is 4.90 Å². The SMILES string of the molecule is Cc1cc(C)c2c(N)nc(NC3CN(CCc4cc(C)c5c(N)nc(NC6CCCNC6)nc5n4)CC3O)nc2n1. The Morgan fingerprint density at radius 1 is 0.902 bits per heavy atom. The molecule has 4 aromatic rings. The summed E-state index contributed by atoms with van der Waals surface area (Å²) in [6.07, 6.45) is 2.31. The van der Waals surface area contributed by atoms with Crippen molar-refractivity contribution in [1.82, 2.24) is 40.1 Å². The number of nitrogens with one attached hydrogen (secondary N) is 3. The lowest BCUT2D eigenvalue weighted by molar-refractivity contribution is 0.169. The molecule has 0 amide bonds. The van der Waals surface area contributed by atoms with Crippen LogP contribution in [0, 0.1) is 20.8 Å². The zero-order valence-corrected chi connectivity index (χ0v) is 23.8. The number of rotatable bonds is 7. The van der Waals surface area contributed by atoms with Crippen molar-refractivity contribution in [2.45, 2.75) is 58.2 Å². The molecule has 6 heterocycles. The molecule has 0 spiro atoms. The summed E-state index contributed by atoms with van der Waals surface area (Å²) in [6, 6.07) is 4.05. The van der Waals surface area contributed by atoms with Crippen LogP contribution in [-0.2, 0) is 6.42 Å². The van der Waals surface area contributed by atoms with E-state index in [2.05, 4.69) is 40.8 Å². The fourth-order valence-corrected chi connectivity index (χ4v) is 5.97. The number of hydrogen-bond acceptors (Lipinski definition) is 13. The molecule has 2 aliphatic rings. The van der Waals surface area contributed by atoms with Gasteiger partial charge in [-0.05, 0) is 63.4 Å². The molecular formula is C28H38N12O. The first-order valence-electron chi connectivity index (χ1n) is 14.2. The third-order valence-electron chi connectivity index (χ3n) is 7.96. The first-order chi connectivity index (χ1) is 19.7. The average Bonchev–Trinajstić information content (AvgIpc) is 3.25. The Balaban J connectivity index is 1.13. The number of aryl methyl sites for hydroxylation is 3. The van der Waals surface area contributed by atoms with Gasteiger partial charge in [-0.1, -0.05) is 0 Å². The number of piperidine rings is 1. The summed E-state index contributed by atoms with van der Waals surface area (Å²) in [5, 5.41) is 22.4. The lowest BCUT2D eigenvalue weighted by Gasteiger charge is -2.24. The maximum Gasteiger partial charge on any atom is 0.227 e. The molecule has 6 rings (SSSR count). The maximum absolute atomic E-state index is 10.8. The Labute approximate surface area is 238 Å². The molecule has 2 aliphatic heterocycles. The van der Waals surface area contributed by atoms with Crippen molar-refractivity contribution < 1.29 is 5.11 Å². The Bertz CT molecular complexity index is 1590. The van der Waals surface area contributed by atoms with Crippen LogP contribution in [0.1, 0.15) is 35.4 Å². The molecule has 2 fully saturated rings. The third-order valence-corrected chi connectivity index (χ3v) is 7.96. The summed E-state index contributed by atoms with van der Waals surface area (Å²) in [5.74, 6) is 1.70. The number of anilines is 4. The lowest BCUT2D eigenvalue weighted by atomic mass is 10.1. The average molecular weight is 559 g/mol. The number of aliphatic hydroxyl groups is 1. The van der Waals surface area contributed by atoms with Crippen LogP contribution >= 0.6 is 0 Å². The van der Waals surface area contributed by atoms with Crippen LogP contribution < -0.4 is 27.4 Å². The van der Waals surface area contributed by atoms with Gasteiger partial charge < -0.3 is 32.5 Å². The second-order valence-electron chi connectivity index (χ2n) is 11.3. The zero-order chi connectivity index (χ0) is 28.7. The van der Waals surface area contributed by atoms with Crippen LogP contribution in [-0.4, -0.2) is 90.8 Å². The molecule has 2 saturated heterocycles. The second-order valence-corrected chi connectivity index (χ2v) is 11.3. The number of pyridine rings is 2. The number of hydrogen-bond donors (Lipinski definition) is 6. The summed E-state index contributed by atoms with van der Waals surface area (Å²) >= 11 is 0. The van der Waals surface area contributed by atoms with E-state index >= 15 is 0 Å². The normalized spacial score (nSPS) is 21.5. The fourth-order valence-electron chi connectivity index (χ4n) is 5.97. The number of nitrogens with zero attached hydrogens (tertiary/aromatic N) is 7. The number of nitrogens with two attached hydrogens (primary N) is 2. The molecule has 216 valence electrons. The van der Waals surface area contributed by atoms with Gasteiger partial charge in [0, 0.05) is 50.0 Å². The number of β-amino-alcohol motifs (C(OH)–C–C–N with tert-alkyl or cyclic N) is 1. The summed E-state index contributed by atoms with van der Waals surface area (Å²) < 4.78 is 0. The van der Waals surface area contributed by atoms with Gasteiger partial charge in [-0.25, -0.2) is 9.97 Å². The summed E-state index contributed by atoms with van der Waals surface area (Å²) in [4.78, 5) is 29.8. The highest BCUT2D eigenvalue weighted by atomic mass is 16.3. The van der Waals surface area contributed by atoms with E-state index in [0.29, 0.717) is 54.3 Å². The summed E-state index contributed by atoms with van der Waals surface area (Å²) in [7, 11) is 0. The minimum atomic E-state index is -0.579. The summed E-state index contributed by atoms with van der Waals surface area (Å²) in [6.45, 7) is 9.72. The molecule has 3 atom stereocenters. The number of aromatic nitrogens is 6. The molecule has 4 aromatic heterocycles. The van der Waals surface area contributed by atoms with Gasteiger partial charge in [-0.15, -0.1) is 0 Å². The van der Waals surface area contributed by atoms with Crippen molar-refractivity contribution in [3.8, 4) is 0 Å². The summed E-state index contributed by atoms with van der Waals surface area (Å²) in [5.41, 5.74) is 17.5. The minimum Gasteiger partial charge on any atom is -0.390 e. The maximum atomic E-state index is 10.8. The number of aliphatic hydroxyl groups excluding tert-OH is 1. The van der Waals surface area contributed by atoms with Crippen molar-refractivity contribution in [2.75, 3.05) is 54.8 Å². The highest BCUT2D eigenvalue weighted by Gasteiger charge is 2.32. The van der Waals surface area contributed by atoms with Crippen molar-refractivity contribution in [1.29, 1.82) is 0 Å².